The van der Waals surface area contributed by atoms with E-state index in [1.54, 1.807) is 0 Å². The number of hydrogen-bond acceptors (Lipinski definition) is 5. The van der Waals surface area contributed by atoms with Gasteiger partial charge in [0.05, 0.1) is 23.1 Å². The first-order chi connectivity index (χ1) is 15.2. The van der Waals surface area contributed by atoms with E-state index in [4.69, 9.17) is 9.98 Å². The van der Waals surface area contributed by atoms with Gasteiger partial charge in [0, 0.05) is 50.6 Å². The zero-order valence-electron chi connectivity index (χ0n) is 19.2. The van der Waals surface area contributed by atoms with E-state index < -0.39 is 0 Å². The van der Waals surface area contributed by atoms with Crippen LogP contribution in [-0.2, 0) is 6.42 Å². The Bertz CT molecular complexity index is 960. The first kappa shape index (κ1) is 20.7. The topological polar surface area (TPSA) is 35.0 Å². The Hall–Kier alpha value is -2.24. The predicted molar refractivity (Wildman–Crippen MR) is 129 cm³/mol. The molecule has 2 atom stereocenters. The maximum atomic E-state index is 5.29. The maximum Gasteiger partial charge on any atom is 0.0899 e. The van der Waals surface area contributed by atoms with Crippen LogP contribution in [0.3, 0.4) is 0 Å². The van der Waals surface area contributed by atoms with E-state index in [1.807, 2.05) is 12.3 Å². The number of piperidine rings is 1. The van der Waals surface area contributed by atoms with Crippen LogP contribution in [0, 0.1) is 6.92 Å². The molecular weight excluding hydrogens is 382 g/mol. The van der Waals surface area contributed by atoms with E-state index >= 15 is 0 Å². The fourth-order valence-corrected chi connectivity index (χ4v) is 5.69. The van der Waals surface area contributed by atoms with Gasteiger partial charge in [0.2, 0.25) is 0 Å². The summed E-state index contributed by atoms with van der Waals surface area (Å²) in [5.74, 6) is 0. The van der Waals surface area contributed by atoms with Crippen LogP contribution in [0.1, 0.15) is 49.0 Å². The van der Waals surface area contributed by atoms with Crippen molar-refractivity contribution in [3.8, 4) is 0 Å². The number of aliphatic imine (C=N–C) groups is 1. The first-order valence-corrected chi connectivity index (χ1v) is 12.0. The van der Waals surface area contributed by atoms with Crippen LogP contribution in [0.5, 0.6) is 0 Å². The van der Waals surface area contributed by atoms with Crippen molar-refractivity contribution in [1.29, 1.82) is 0 Å². The van der Waals surface area contributed by atoms with Gasteiger partial charge in [-0.25, -0.2) is 0 Å². The van der Waals surface area contributed by atoms with Gasteiger partial charge in [0.15, 0.2) is 0 Å². The summed E-state index contributed by atoms with van der Waals surface area (Å²) in [6.07, 6.45) is 6.53. The molecule has 5 heteroatoms. The molecule has 1 aromatic heterocycles. The van der Waals surface area contributed by atoms with Crippen molar-refractivity contribution in [2.24, 2.45) is 4.99 Å². The van der Waals surface area contributed by atoms with Crippen LogP contribution >= 0.6 is 0 Å². The molecule has 0 N–H and O–H groups in total. The summed E-state index contributed by atoms with van der Waals surface area (Å²) >= 11 is 0. The van der Waals surface area contributed by atoms with Gasteiger partial charge in [-0.05, 0) is 63.0 Å². The molecule has 31 heavy (non-hydrogen) atoms. The Morgan fingerprint density at radius 1 is 1.00 bits per heavy atom. The Morgan fingerprint density at radius 3 is 2.58 bits per heavy atom. The van der Waals surface area contributed by atoms with Crippen molar-refractivity contribution in [2.75, 3.05) is 44.7 Å². The lowest BCUT2D eigenvalue weighted by Gasteiger charge is -2.40. The molecule has 0 amide bonds. The molecule has 0 radical (unpaired) electrons. The number of fused-ring (bicyclic) bond motifs is 1. The SMILES string of the molecule is CCN1CCN(c2cccc3c2N=C([C@@H]2CCC[C@H](c4ncccc4C)N2C)C3)CC1. The van der Waals surface area contributed by atoms with Gasteiger partial charge >= 0.3 is 0 Å². The molecule has 0 saturated carbocycles. The number of pyridine rings is 1. The van der Waals surface area contributed by atoms with Gasteiger partial charge in [-0.2, -0.15) is 0 Å². The van der Waals surface area contributed by atoms with Crippen molar-refractivity contribution in [3.05, 3.63) is 53.3 Å². The van der Waals surface area contributed by atoms with Crippen molar-refractivity contribution in [3.63, 3.8) is 0 Å². The smallest absolute Gasteiger partial charge is 0.0899 e. The Morgan fingerprint density at radius 2 is 1.81 bits per heavy atom. The maximum absolute atomic E-state index is 5.29. The Balaban J connectivity index is 1.39. The van der Waals surface area contributed by atoms with Crippen molar-refractivity contribution < 1.29 is 0 Å². The molecule has 3 aliphatic rings. The van der Waals surface area contributed by atoms with Crippen LogP contribution in [0.15, 0.2) is 41.5 Å². The molecule has 2 saturated heterocycles. The van der Waals surface area contributed by atoms with Crippen LogP contribution in [0.2, 0.25) is 0 Å². The quantitative estimate of drug-likeness (QED) is 0.739. The van der Waals surface area contributed by atoms with Gasteiger partial charge in [0.1, 0.15) is 0 Å². The molecule has 1 aromatic carbocycles. The van der Waals surface area contributed by atoms with Crippen LogP contribution < -0.4 is 4.90 Å². The lowest BCUT2D eigenvalue weighted by Crippen LogP contribution is -2.46. The molecular formula is C26H35N5. The predicted octanol–water partition coefficient (Wildman–Crippen LogP) is 4.39. The molecule has 0 spiro atoms. The molecule has 0 aliphatic carbocycles. The molecule has 4 heterocycles. The normalized spacial score (nSPS) is 24.9. The third-order valence-corrected chi connectivity index (χ3v) is 7.57. The third kappa shape index (κ3) is 3.90. The van der Waals surface area contributed by atoms with Crippen molar-refractivity contribution >= 4 is 17.1 Å². The van der Waals surface area contributed by atoms with Gasteiger partial charge < -0.3 is 9.80 Å². The minimum atomic E-state index is 0.382. The van der Waals surface area contributed by atoms with E-state index in [0.29, 0.717) is 12.1 Å². The molecule has 5 nitrogen and oxygen atoms in total. The van der Waals surface area contributed by atoms with Gasteiger partial charge in [-0.15, -0.1) is 0 Å². The monoisotopic (exact) mass is 417 g/mol. The fourth-order valence-electron chi connectivity index (χ4n) is 5.69. The van der Waals surface area contributed by atoms with E-state index in [9.17, 15) is 0 Å². The van der Waals surface area contributed by atoms with Crippen LogP contribution in [-0.4, -0.2) is 66.3 Å². The molecule has 2 aromatic rings. The number of piperazine rings is 1. The minimum Gasteiger partial charge on any atom is -0.367 e. The zero-order valence-corrected chi connectivity index (χ0v) is 19.2. The lowest BCUT2D eigenvalue weighted by molar-refractivity contribution is 0.150. The molecule has 0 bridgehead atoms. The molecule has 164 valence electrons. The summed E-state index contributed by atoms with van der Waals surface area (Å²) in [5, 5.41) is 0. The highest BCUT2D eigenvalue weighted by Crippen LogP contribution is 2.41. The average molecular weight is 418 g/mol. The summed E-state index contributed by atoms with van der Waals surface area (Å²) in [6, 6.07) is 11.8. The first-order valence-electron chi connectivity index (χ1n) is 12.0. The molecule has 5 rings (SSSR count). The van der Waals surface area contributed by atoms with Crippen molar-refractivity contribution in [1.82, 2.24) is 14.8 Å². The summed E-state index contributed by atoms with van der Waals surface area (Å²) in [4.78, 5) is 17.7. The van der Waals surface area contributed by atoms with E-state index in [2.05, 4.69) is 59.9 Å². The van der Waals surface area contributed by atoms with Gasteiger partial charge in [0.25, 0.3) is 0 Å². The molecule has 0 unspecified atom stereocenters. The average Bonchev–Trinajstić information content (AvgIpc) is 3.24. The second-order valence-corrected chi connectivity index (χ2v) is 9.32. The number of anilines is 1. The highest BCUT2D eigenvalue weighted by molar-refractivity contribution is 6.00. The molecule has 3 aliphatic heterocycles. The van der Waals surface area contributed by atoms with Crippen LogP contribution in [0.25, 0.3) is 0 Å². The summed E-state index contributed by atoms with van der Waals surface area (Å²) in [5.41, 5.74) is 7.83. The number of rotatable bonds is 4. The minimum absolute atomic E-state index is 0.382. The number of likely N-dealkylation sites (tertiary alicyclic amines) is 1. The summed E-state index contributed by atoms with van der Waals surface area (Å²) < 4.78 is 0. The summed E-state index contributed by atoms with van der Waals surface area (Å²) in [7, 11) is 2.28. The Labute approximate surface area is 186 Å². The van der Waals surface area contributed by atoms with E-state index in [-0.39, 0.29) is 0 Å². The number of hydrogen-bond donors (Lipinski definition) is 0. The van der Waals surface area contributed by atoms with E-state index in [1.165, 1.54) is 53.2 Å². The Kier molecular flexibility index (Phi) is 5.81. The second-order valence-electron chi connectivity index (χ2n) is 9.32. The second kappa shape index (κ2) is 8.71. The highest BCUT2D eigenvalue weighted by atomic mass is 15.3. The third-order valence-electron chi connectivity index (χ3n) is 7.57. The number of likely N-dealkylation sites (N-methyl/N-ethyl adjacent to an activating group) is 1. The van der Waals surface area contributed by atoms with Crippen molar-refractivity contribution in [2.45, 2.75) is 51.6 Å². The number of para-hydroxylation sites is 1. The largest absolute Gasteiger partial charge is 0.367 e. The standard InChI is InChI=1S/C26H35N5/c1-4-30-14-16-31(17-15-30)24-12-5-9-20-18-21(28-26(20)24)22-10-6-11-23(29(22)3)25-19(2)8-7-13-27-25/h5,7-9,12-13,22-23H,4,6,10-11,14-18H2,1-3H3/t22-,23+/m0/s1. The lowest BCUT2D eigenvalue weighted by atomic mass is 9.89. The van der Waals surface area contributed by atoms with Gasteiger partial charge in [-0.1, -0.05) is 25.1 Å². The number of aryl methyl sites for hydroxylation is 1. The van der Waals surface area contributed by atoms with Gasteiger partial charge in [-0.3, -0.25) is 14.9 Å². The number of aromatic nitrogens is 1. The van der Waals surface area contributed by atoms with Crippen LogP contribution in [0.4, 0.5) is 11.4 Å². The highest BCUT2D eigenvalue weighted by Gasteiger charge is 2.35. The zero-order chi connectivity index (χ0) is 21.4. The number of benzene rings is 1. The molecule has 2 fully saturated rings. The van der Waals surface area contributed by atoms with E-state index in [0.717, 1.165) is 39.1 Å². The number of nitrogens with zero attached hydrogens (tertiary/aromatic N) is 5. The fraction of sp³-hybridized carbons (Fsp3) is 0.538. The summed E-state index contributed by atoms with van der Waals surface area (Å²) in [6.45, 7) is 10.1.